The highest BCUT2D eigenvalue weighted by atomic mass is 16.5. The van der Waals surface area contributed by atoms with Gasteiger partial charge < -0.3 is 20.9 Å². The maximum atomic E-state index is 10.3. The summed E-state index contributed by atoms with van der Waals surface area (Å²) in [6.45, 7) is 2.03. The van der Waals surface area contributed by atoms with Crippen LogP contribution in [-0.2, 0) is 14.3 Å². The van der Waals surface area contributed by atoms with Crippen LogP contribution in [0.25, 0.3) is 0 Å². The molecule has 0 aromatic heterocycles. The highest BCUT2D eigenvalue weighted by Crippen LogP contribution is 1.80. The maximum Gasteiger partial charge on any atom is 0.320 e. The normalized spacial score (nSPS) is 12.4. The van der Waals surface area contributed by atoms with E-state index in [0.717, 1.165) is 0 Å². The SMILES string of the molecule is CC(NCCOCC(N)=O)C(=O)O. The summed E-state index contributed by atoms with van der Waals surface area (Å²) < 4.78 is 4.80. The van der Waals surface area contributed by atoms with Crippen molar-refractivity contribution in [3.63, 3.8) is 0 Å². The number of carboxylic acid groups (broad SMARTS) is 1. The third-order valence-corrected chi connectivity index (χ3v) is 1.31. The van der Waals surface area contributed by atoms with Crippen LogP contribution in [0.5, 0.6) is 0 Å². The summed E-state index contributed by atoms with van der Waals surface area (Å²) in [4.78, 5) is 20.5. The van der Waals surface area contributed by atoms with Crippen molar-refractivity contribution in [3.8, 4) is 0 Å². The van der Waals surface area contributed by atoms with Gasteiger partial charge in [0.25, 0.3) is 0 Å². The van der Waals surface area contributed by atoms with Crippen LogP contribution in [0.1, 0.15) is 6.92 Å². The lowest BCUT2D eigenvalue weighted by molar-refractivity contribution is -0.139. The molecule has 4 N–H and O–H groups in total. The van der Waals surface area contributed by atoms with Gasteiger partial charge in [-0.15, -0.1) is 0 Å². The quantitative estimate of drug-likeness (QED) is 0.426. The number of carbonyl (C=O) groups is 2. The lowest BCUT2D eigenvalue weighted by Gasteiger charge is -2.08. The predicted octanol–water partition coefficient (Wildman–Crippen LogP) is -1.45. The number of nitrogens with two attached hydrogens (primary N) is 1. The minimum Gasteiger partial charge on any atom is -0.480 e. The summed E-state index contributed by atoms with van der Waals surface area (Å²) in [6, 6.07) is -0.614. The third kappa shape index (κ3) is 7.23. The van der Waals surface area contributed by atoms with E-state index in [1.807, 2.05) is 0 Å². The molecule has 0 aliphatic heterocycles. The number of aliphatic carboxylic acids is 1. The van der Waals surface area contributed by atoms with E-state index >= 15 is 0 Å². The second kappa shape index (κ2) is 6.38. The molecule has 6 nitrogen and oxygen atoms in total. The Balaban J connectivity index is 3.26. The number of nitrogens with one attached hydrogen (secondary N) is 1. The zero-order chi connectivity index (χ0) is 10.3. The summed E-state index contributed by atoms with van der Waals surface area (Å²) in [5.74, 6) is -1.46. The summed E-state index contributed by atoms with van der Waals surface area (Å²) in [5, 5.41) is 11.1. The van der Waals surface area contributed by atoms with E-state index in [-0.39, 0.29) is 13.2 Å². The van der Waals surface area contributed by atoms with Crippen molar-refractivity contribution in [1.29, 1.82) is 0 Å². The predicted molar refractivity (Wildman–Crippen MR) is 45.1 cm³/mol. The average Bonchev–Trinajstić information content (AvgIpc) is 2.02. The van der Waals surface area contributed by atoms with Gasteiger partial charge in [-0.05, 0) is 6.92 Å². The van der Waals surface area contributed by atoms with Crippen LogP contribution in [0.3, 0.4) is 0 Å². The second-order valence-electron chi connectivity index (χ2n) is 2.53. The van der Waals surface area contributed by atoms with E-state index in [9.17, 15) is 9.59 Å². The van der Waals surface area contributed by atoms with Gasteiger partial charge in [0.05, 0.1) is 6.61 Å². The molecule has 0 rings (SSSR count). The lowest BCUT2D eigenvalue weighted by atomic mass is 10.3. The smallest absolute Gasteiger partial charge is 0.320 e. The molecular formula is C7H14N2O4. The largest absolute Gasteiger partial charge is 0.480 e. The maximum absolute atomic E-state index is 10.3. The molecule has 0 bridgehead atoms. The Kier molecular flexibility index (Phi) is 5.82. The number of hydrogen-bond donors (Lipinski definition) is 3. The summed E-state index contributed by atoms with van der Waals surface area (Å²) in [6.07, 6.45) is 0. The number of amides is 1. The van der Waals surface area contributed by atoms with Gasteiger partial charge >= 0.3 is 5.97 Å². The molecule has 0 aliphatic rings. The van der Waals surface area contributed by atoms with Crippen LogP contribution in [0, 0.1) is 0 Å². The van der Waals surface area contributed by atoms with E-state index in [4.69, 9.17) is 15.6 Å². The number of carboxylic acids is 1. The van der Waals surface area contributed by atoms with Crippen molar-refractivity contribution in [2.24, 2.45) is 5.73 Å². The van der Waals surface area contributed by atoms with Gasteiger partial charge in [0, 0.05) is 6.54 Å². The molecule has 6 heteroatoms. The standard InChI is InChI=1S/C7H14N2O4/c1-5(7(11)12)9-2-3-13-4-6(8)10/h5,9H,2-4H2,1H3,(H2,8,10)(H,11,12). The Morgan fingerprint density at radius 3 is 2.69 bits per heavy atom. The first-order chi connectivity index (χ1) is 6.04. The van der Waals surface area contributed by atoms with Gasteiger partial charge in [-0.3, -0.25) is 9.59 Å². The van der Waals surface area contributed by atoms with E-state index in [1.54, 1.807) is 0 Å². The molecule has 0 spiro atoms. The molecule has 13 heavy (non-hydrogen) atoms. The first-order valence-corrected chi connectivity index (χ1v) is 3.86. The minimum absolute atomic E-state index is 0.136. The molecule has 0 aliphatic carbocycles. The van der Waals surface area contributed by atoms with Gasteiger partial charge in [-0.1, -0.05) is 0 Å². The monoisotopic (exact) mass is 190 g/mol. The van der Waals surface area contributed by atoms with Crippen LogP contribution < -0.4 is 11.1 Å². The van der Waals surface area contributed by atoms with Gasteiger partial charge in [-0.25, -0.2) is 0 Å². The molecule has 1 amide bonds. The van der Waals surface area contributed by atoms with Crippen LogP contribution in [0.4, 0.5) is 0 Å². The Hall–Kier alpha value is -1.14. The topological polar surface area (TPSA) is 102 Å². The highest BCUT2D eigenvalue weighted by Gasteiger charge is 2.08. The van der Waals surface area contributed by atoms with E-state index < -0.39 is 17.9 Å². The Morgan fingerprint density at radius 2 is 2.23 bits per heavy atom. The zero-order valence-corrected chi connectivity index (χ0v) is 7.45. The number of hydrogen-bond acceptors (Lipinski definition) is 4. The van der Waals surface area contributed by atoms with Crippen molar-refractivity contribution in [3.05, 3.63) is 0 Å². The zero-order valence-electron chi connectivity index (χ0n) is 7.45. The Bertz CT molecular complexity index is 183. The van der Waals surface area contributed by atoms with Crippen molar-refractivity contribution in [1.82, 2.24) is 5.32 Å². The fourth-order valence-corrected chi connectivity index (χ4v) is 0.608. The summed E-state index contributed by atoms with van der Waals surface area (Å²) in [5.41, 5.74) is 4.80. The third-order valence-electron chi connectivity index (χ3n) is 1.31. The van der Waals surface area contributed by atoms with Crippen molar-refractivity contribution >= 4 is 11.9 Å². The number of rotatable bonds is 7. The molecule has 0 radical (unpaired) electrons. The van der Waals surface area contributed by atoms with Gasteiger partial charge in [0.2, 0.25) is 5.91 Å². The first kappa shape index (κ1) is 11.9. The molecule has 0 saturated heterocycles. The van der Waals surface area contributed by atoms with Gasteiger partial charge in [0.1, 0.15) is 12.6 Å². The minimum atomic E-state index is -0.921. The van der Waals surface area contributed by atoms with Crippen LogP contribution >= 0.6 is 0 Å². The fraction of sp³-hybridized carbons (Fsp3) is 0.714. The molecule has 76 valence electrons. The van der Waals surface area contributed by atoms with E-state index in [0.29, 0.717) is 6.54 Å². The van der Waals surface area contributed by atoms with Crippen LogP contribution in [-0.4, -0.2) is 42.8 Å². The first-order valence-electron chi connectivity index (χ1n) is 3.86. The van der Waals surface area contributed by atoms with Crippen molar-refractivity contribution in [2.75, 3.05) is 19.8 Å². The molecule has 0 fully saturated rings. The van der Waals surface area contributed by atoms with E-state index in [2.05, 4.69) is 5.32 Å². The number of carbonyl (C=O) groups excluding carboxylic acids is 1. The summed E-state index contributed by atoms with van der Waals surface area (Å²) in [7, 11) is 0. The number of primary amides is 1. The van der Waals surface area contributed by atoms with Crippen LogP contribution in [0.2, 0.25) is 0 Å². The second-order valence-corrected chi connectivity index (χ2v) is 2.53. The van der Waals surface area contributed by atoms with Crippen molar-refractivity contribution in [2.45, 2.75) is 13.0 Å². The molecule has 0 aromatic rings. The average molecular weight is 190 g/mol. The molecule has 1 unspecified atom stereocenters. The molecular weight excluding hydrogens is 176 g/mol. The van der Waals surface area contributed by atoms with E-state index in [1.165, 1.54) is 6.92 Å². The van der Waals surface area contributed by atoms with Crippen LogP contribution in [0.15, 0.2) is 0 Å². The molecule has 0 heterocycles. The number of ether oxygens (including phenoxy) is 1. The molecule has 0 aromatic carbocycles. The van der Waals surface area contributed by atoms with Gasteiger partial charge in [0.15, 0.2) is 0 Å². The lowest BCUT2D eigenvalue weighted by Crippen LogP contribution is -2.36. The fourth-order valence-electron chi connectivity index (χ4n) is 0.608. The molecule has 1 atom stereocenters. The van der Waals surface area contributed by atoms with Gasteiger partial charge in [-0.2, -0.15) is 0 Å². The highest BCUT2D eigenvalue weighted by molar-refractivity contribution is 5.75. The Labute approximate surface area is 76.0 Å². The van der Waals surface area contributed by atoms with Crippen molar-refractivity contribution < 1.29 is 19.4 Å². The Morgan fingerprint density at radius 1 is 1.62 bits per heavy atom. The molecule has 0 saturated carbocycles. The summed E-state index contributed by atoms with van der Waals surface area (Å²) >= 11 is 0.